The van der Waals surface area contributed by atoms with Crippen molar-refractivity contribution < 1.29 is 33.3 Å². The van der Waals surface area contributed by atoms with Crippen LogP contribution in [-0.4, -0.2) is 30.1 Å². The van der Waals surface area contributed by atoms with Crippen molar-refractivity contribution in [3.05, 3.63) is 77.1 Å². The van der Waals surface area contributed by atoms with Crippen molar-refractivity contribution in [2.24, 2.45) is 0 Å². The first-order valence-corrected chi connectivity index (χ1v) is 13.0. The lowest BCUT2D eigenvalue weighted by Crippen LogP contribution is -2.23. The average molecular weight is 518 g/mol. The number of carboxylic acids is 1. The minimum absolute atomic E-state index is 0.0431. The SMILES string of the molecule is O=C(O)CC[C@@H]1COc2cc(O[C@@H]3CCc4c(Oc5cccc(N6CCCC6=O)c5)ccc(F)c43)ccc21. The molecule has 1 aliphatic carbocycles. The molecule has 7 nitrogen and oxygen atoms in total. The number of amides is 1. The normalized spacial score (nSPS) is 19.7. The molecule has 2 atom stereocenters. The van der Waals surface area contributed by atoms with E-state index < -0.39 is 12.1 Å². The van der Waals surface area contributed by atoms with E-state index in [-0.39, 0.29) is 24.1 Å². The summed E-state index contributed by atoms with van der Waals surface area (Å²) in [6.07, 6.45) is 2.75. The summed E-state index contributed by atoms with van der Waals surface area (Å²) in [6, 6.07) is 16.0. The number of rotatable bonds is 8. The van der Waals surface area contributed by atoms with Crippen molar-refractivity contribution in [2.45, 2.75) is 50.5 Å². The highest BCUT2D eigenvalue weighted by molar-refractivity contribution is 5.95. The van der Waals surface area contributed by atoms with Crippen LogP contribution in [0.3, 0.4) is 0 Å². The molecule has 0 unspecified atom stereocenters. The summed E-state index contributed by atoms with van der Waals surface area (Å²) in [5.41, 5.74) is 3.05. The van der Waals surface area contributed by atoms with Crippen molar-refractivity contribution in [3.63, 3.8) is 0 Å². The fourth-order valence-corrected chi connectivity index (χ4v) is 5.65. The molecule has 1 amide bonds. The van der Waals surface area contributed by atoms with E-state index in [9.17, 15) is 9.59 Å². The molecule has 2 aliphatic heterocycles. The predicted molar refractivity (Wildman–Crippen MR) is 138 cm³/mol. The molecule has 6 rings (SSSR count). The Bertz CT molecular complexity index is 1410. The fraction of sp³-hybridized carbons (Fsp3) is 0.333. The van der Waals surface area contributed by atoms with Crippen molar-refractivity contribution in [1.82, 2.24) is 0 Å². The van der Waals surface area contributed by atoms with Gasteiger partial charge in [-0.05, 0) is 56.0 Å². The van der Waals surface area contributed by atoms with Gasteiger partial charge < -0.3 is 24.2 Å². The Labute approximate surface area is 219 Å². The lowest BCUT2D eigenvalue weighted by Gasteiger charge is -2.18. The van der Waals surface area contributed by atoms with Crippen LogP contribution >= 0.6 is 0 Å². The maximum absolute atomic E-state index is 15.0. The fourth-order valence-electron chi connectivity index (χ4n) is 5.65. The topological polar surface area (TPSA) is 85.3 Å². The van der Waals surface area contributed by atoms with Crippen LogP contribution in [0.2, 0.25) is 0 Å². The number of anilines is 1. The monoisotopic (exact) mass is 517 g/mol. The summed E-state index contributed by atoms with van der Waals surface area (Å²) in [5.74, 6) is 1.43. The molecule has 3 aromatic carbocycles. The second kappa shape index (κ2) is 10.0. The molecular weight excluding hydrogens is 489 g/mol. The van der Waals surface area contributed by atoms with E-state index >= 15 is 4.39 Å². The number of nitrogens with zero attached hydrogens (tertiary/aromatic N) is 1. The van der Waals surface area contributed by atoms with E-state index in [2.05, 4.69) is 0 Å². The third kappa shape index (κ3) is 4.66. The second-order valence-electron chi connectivity index (χ2n) is 9.97. The summed E-state index contributed by atoms with van der Waals surface area (Å²) in [5, 5.41) is 8.98. The van der Waals surface area contributed by atoms with E-state index in [1.807, 2.05) is 36.4 Å². The molecule has 1 saturated heterocycles. The Morgan fingerprint density at radius 1 is 1.11 bits per heavy atom. The van der Waals surface area contributed by atoms with Gasteiger partial charge >= 0.3 is 5.97 Å². The van der Waals surface area contributed by atoms with Crippen LogP contribution in [0, 0.1) is 5.82 Å². The van der Waals surface area contributed by atoms with Gasteiger partial charge in [0, 0.05) is 59.8 Å². The maximum Gasteiger partial charge on any atom is 0.303 e. The molecule has 8 heteroatoms. The van der Waals surface area contributed by atoms with Crippen molar-refractivity contribution in [3.8, 4) is 23.0 Å². The number of halogens is 1. The molecule has 0 aromatic heterocycles. The van der Waals surface area contributed by atoms with Gasteiger partial charge in [0.15, 0.2) is 0 Å². The van der Waals surface area contributed by atoms with Crippen LogP contribution in [0.1, 0.15) is 60.8 Å². The summed E-state index contributed by atoms with van der Waals surface area (Å²) in [7, 11) is 0. The van der Waals surface area contributed by atoms with Gasteiger partial charge in [-0.25, -0.2) is 4.39 Å². The molecule has 1 N–H and O–H groups in total. The van der Waals surface area contributed by atoms with Crippen LogP contribution in [-0.2, 0) is 16.0 Å². The zero-order chi connectivity index (χ0) is 26.2. The Balaban J connectivity index is 1.19. The van der Waals surface area contributed by atoms with Crippen molar-refractivity contribution in [1.29, 1.82) is 0 Å². The van der Waals surface area contributed by atoms with E-state index in [1.54, 1.807) is 17.0 Å². The number of hydrogen-bond donors (Lipinski definition) is 1. The lowest BCUT2D eigenvalue weighted by molar-refractivity contribution is -0.137. The minimum Gasteiger partial charge on any atom is -0.493 e. The Morgan fingerprint density at radius 3 is 2.82 bits per heavy atom. The first-order chi connectivity index (χ1) is 18.5. The van der Waals surface area contributed by atoms with Gasteiger partial charge in [0.1, 0.15) is 34.9 Å². The van der Waals surface area contributed by atoms with Crippen LogP contribution in [0.15, 0.2) is 54.6 Å². The molecule has 0 radical (unpaired) electrons. The van der Waals surface area contributed by atoms with Crippen molar-refractivity contribution >= 4 is 17.6 Å². The minimum atomic E-state index is -0.821. The number of hydrogen-bond acceptors (Lipinski definition) is 5. The summed E-state index contributed by atoms with van der Waals surface area (Å²) >= 11 is 0. The zero-order valence-electron chi connectivity index (χ0n) is 20.8. The maximum atomic E-state index is 15.0. The Kier molecular flexibility index (Phi) is 6.39. The molecule has 196 valence electrons. The van der Waals surface area contributed by atoms with Crippen LogP contribution in [0.25, 0.3) is 0 Å². The predicted octanol–water partition coefficient (Wildman–Crippen LogP) is 6.15. The molecular formula is C30H28FNO6. The third-order valence-corrected chi connectivity index (χ3v) is 7.52. The Morgan fingerprint density at radius 2 is 2.00 bits per heavy atom. The van der Waals surface area contributed by atoms with Gasteiger partial charge in [-0.2, -0.15) is 0 Å². The summed E-state index contributed by atoms with van der Waals surface area (Å²) in [4.78, 5) is 24.9. The Hall–Kier alpha value is -4.07. The van der Waals surface area contributed by atoms with E-state index in [0.717, 1.165) is 23.2 Å². The molecule has 0 saturated carbocycles. The molecule has 0 spiro atoms. The quantitative estimate of drug-likeness (QED) is 0.386. The van der Waals surface area contributed by atoms with Crippen LogP contribution < -0.4 is 19.1 Å². The first-order valence-electron chi connectivity index (χ1n) is 13.0. The van der Waals surface area contributed by atoms with E-state index in [1.165, 1.54) is 6.07 Å². The average Bonchev–Trinajstić information content (AvgIpc) is 3.63. The van der Waals surface area contributed by atoms with Gasteiger partial charge in [-0.15, -0.1) is 0 Å². The molecule has 3 aliphatic rings. The highest BCUT2D eigenvalue weighted by Crippen LogP contribution is 2.44. The van der Waals surface area contributed by atoms with E-state index in [4.69, 9.17) is 19.3 Å². The first kappa shape index (κ1) is 24.3. The van der Waals surface area contributed by atoms with Crippen LogP contribution in [0.4, 0.5) is 10.1 Å². The van der Waals surface area contributed by atoms with E-state index in [0.29, 0.717) is 67.4 Å². The summed E-state index contributed by atoms with van der Waals surface area (Å²) in [6.45, 7) is 1.14. The number of carboxylic acid groups (broad SMARTS) is 1. The smallest absolute Gasteiger partial charge is 0.303 e. The number of ether oxygens (including phenoxy) is 3. The number of carbonyl (C=O) groups excluding carboxylic acids is 1. The van der Waals surface area contributed by atoms with Gasteiger partial charge in [-0.1, -0.05) is 12.1 Å². The van der Waals surface area contributed by atoms with Gasteiger partial charge in [0.25, 0.3) is 0 Å². The van der Waals surface area contributed by atoms with Crippen molar-refractivity contribution in [2.75, 3.05) is 18.1 Å². The lowest BCUT2D eigenvalue weighted by atomic mass is 9.96. The van der Waals surface area contributed by atoms with Crippen LogP contribution in [0.5, 0.6) is 23.0 Å². The number of aliphatic carboxylic acids is 1. The zero-order valence-corrected chi connectivity index (χ0v) is 20.8. The largest absolute Gasteiger partial charge is 0.493 e. The number of benzene rings is 3. The number of fused-ring (bicyclic) bond motifs is 2. The third-order valence-electron chi connectivity index (χ3n) is 7.52. The molecule has 2 heterocycles. The van der Waals surface area contributed by atoms with Gasteiger partial charge in [0.2, 0.25) is 5.91 Å². The second-order valence-corrected chi connectivity index (χ2v) is 9.97. The summed E-state index contributed by atoms with van der Waals surface area (Å²) < 4.78 is 33.3. The molecule has 0 bridgehead atoms. The highest BCUT2D eigenvalue weighted by Gasteiger charge is 2.32. The van der Waals surface area contributed by atoms with Gasteiger partial charge in [0.05, 0.1) is 6.61 Å². The number of carbonyl (C=O) groups is 2. The standard InChI is InChI=1S/C30H28FNO6/c31-24-10-12-25(37-20-4-1-3-19(15-20)32-14-2-5-28(32)33)23-9-11-26(30(23)24)38-21-7-8-22-18(6-13-29(34)35)17-36-27(22)16-21/h1,3-4,7-8,10,12,15-16,18,26H,2,5-6,9,11,13-14,17H2,(H,34,35)/t18-,26-/m1/s1. The molecule has 38 heavy (non-hydrogen) atoms. The highest BCUT2D eigenvalue weighted by atomic mass is 19.1. The van der Waals surface area contributed by atoms with Gasteiger partial charge in [-0.3, -0.25) is 9.59 Å². The molecule has 1 fully saturated rings. The molecule has 3 aromatic rings.